The Balaban J connectivity index is 2.87. The summed E-state index contributed by atoms with van der Waals surface area (Å²) in [6, 6.07) is 3.58. The highest BCUT2D eigenvalue weighted by Gasteiger charge is 2.16. The number of aliphatic hydroxyl groups is 1. The molecule has 0 saturated heterocycles. The number of nitrogens with zero attached hydrogens (tertiary/aromatic N) is 2. The fraction of sp³-hybridized carbons (Fsp3) is 0.455. The minimum Gasteiger partial charge on any atom is -0.389 e. The third-order valence-corrected chi connectivity index (χ3v) is 2.28. The van der Waals surface area contributed by atoms with Crippen molar-refractivity contribution in [3.63, 3.8) is 0 Å². The number of pyridine rings is 1. The summed E-state index contributed by atoms with van der Waals surface area (Å²) in [5, 5.41) is 9.71. The van der Waals surface area contributed by atoms with Crippen molar-refractivity contribution in [3.8, 4) is 0 Å². The Kier molecular flexibility index (Phi) is 3.83. The highest BCUT2D eigenvalue weighted by Crippen LogP contribution is 2.14. The van der Waals surface area contributed by atoms with Crippen molar-refractivity contribution >= 4 is 23.0 Å². The van der Waals surface area contributed by atoms with Crippen molar-refractivity contribution in [2.75, 3.05) is 18.5 Å². The predicted octanol–water partition coefficient (Wildman–Crippen LogP) is 0.923. The number of hydrogen-bond donors (Lipinski definition) is 2. The molecule has 0 atom stereocenters. The average Bonchev–Trinajstić information content (AvgIpc) is 2.15. The average molecular weight is 239 g/mol. The lowest BCUT2D eigenvalue weighted by Crippen LogP contribution is -2.36. The van der Waals surface area contributed by atoms with Gasteiger partial charge in [0, 0.05) is 25.4 Å². The fourth-order valence-corrected chi connectivity index (χ4v) is 1.57. The van der Waals surface area contributed by atoms with Crippen molar-refractivity contribution in [1.29, 1.82) is 0 Å². The third-order valence-electron chi connectivity index (χ3n) is 2.05. The van der Waals surface area contributed by atoms with E-state index >= 15 is 0 Å². The van der Waals surface area contributed by atoms with Gasteiger partial charge in [0.05, 0.1) is 5.60 Å². The van der Waals surface area contributed by atoms with Crippen molar-refractivity contribution < 1.29 is 5.11 Å². The largest absolute Gasteiger partial charge is 0.389 e. The van der Waals surface area contributed by atoms with Gasteiger partial charge in [-0.1, -0.05) is 12.2 Å². The van der Waals surface area contributed by atoms with Gasteiger partial charge >= 0.3 is 0 Å². The zero-order chi connectivity index (χ0) is 12.3. The van der Waals surface area contributed by atoms with Gasteiger partial charge in [-0.05, 0) is 26.0 Å². The van der Waals surface area contributed by atoms with E-state index in [1.165, 1.54) is 0 Å². The molecule has 0 saturated carbocycles. The second kappa shape index (κ2) is 4.76. The van der Waals surface area contributed by atoms with E-state index in [0.717, 1.165) is 11.4 Å². The molecule has 0 unspecified atom stereocenters. The Morgan fingerprint density at radius 2 is 2.25 bits per heavy atom. The molecule has 1 rings (SSSR count). The fourth-order valence-electron chi connectivity index (χ4n) is 1.44. The zero-order valence-corrected chi connectivity index (χ0v) is 10.6. The van der Waals surface area contributed by atoms with Crippen LogP contribution in [0.5, 0.6) is 0 Å². The summed E-state index contributed by atoms with van der Waals surface area (Å²) in [6.07, 6.45) is 1.66. The number of hydrogen-bond acceptors (Lipinski definition) is 4. The van der Waals surface area contributed by atoms with Crippen LogP contribution in [0.2, 0.25) is 0 Å². The molecule has 88 valence electrons. The van der Waals surface area contributed by atoms with E-state index in [4.69, 9.17) is 18.0 Å². The maximum atomic E-state index is 9.71. The number of thiocarbonyl (C=S) groups is 1. The highest BCUT2D eigenvalue weighted by atomic mass is 32.1. The lowest BCUT2D eigenvalue weighted by molar-refractivity contribution is 0.0884. The number of aromatic nitrogens is 1. The molecule has 1 aromatic heterocycles. The molecule has 0 aliphatic rings. The SMILES string of the molecule is CN(CC(C)(C)O)c1cc(C(N)=S)ccn1. The first-order chi connectivity index (χ1) is 7.29. The molecular weight excluding hydrogens is 222 g/mol. The number of nitrogens with two attached hydrogens (primary N) is 1. The van der Waals surface area contributed by atoms with Crippen molar-refractivity contribution in [1.82, 2.24) is 4.98 Å². The van der Waals surface area contributed by atoms with Crippen LogP contribution >= 0.6 is 12.2 Å². The van der Waals surface area contributed by atoms with Crippen molar-refractivity contribution in [2.45, 2.75) is 19.4 Å². The first-order valence-electron chi connectivity index (χ1n) is 4.99. The van der Waals surface area contributed by atoms with Gasteiger partial charge in [0.1, 0.15) is 10.8 Å². The van der Waals surface area contributed by atoms with Crippen LogP contribution in [0.15, 0.2) is 18.3 Å². The molecule has 16 heavy (non-hydrogen) atoms. The van der Waals surface area contributed by atoms with Crippen LogP contribution in [-0.2, 0) is 0 Å². The van der Waals surface area contributed by atoms with Gasteiger partial charge in [-0.15, -0.1) is 0 Å². The lowest BCUT2D eigenvalue weighted by Gasteiger charge is -2.26. The van der Waals surface area contributed by atoms with Crippen LogP contribution in [-0.4, -0.2) is 34.3 Å². The molecule has 0 radical (unpaired) electrons. The maximum absolute atomic E-state index is 9.71. The Hall–Kier alpha value is -1.20. The predicted molar refractivity (Wildman–Crippen MR) is 69.7 cm³/mol. The summed E-state index contributed by atoms with van der Waals surface area (Å²) in [4.78, 5) is 6.42. The van der Waals surface area contributed by atoms with Crippen molar-refractivity contribution in [3.05, 3.63) is 23.9 Å². The molecular formula is C11H17N3OS. The van der Waals surface area contributed by atoms with Crippen LogP contribution in [0.25, 0.3) is 0 Å². The summed E-state index contributed by atoms with van der Waals surface area (Å²) in [5.74, 6) is 0.743. The van der Waals surface area contributed by atoms with Crippen molar-refractivity contribution in [2.24, 2.45) is 5.73 Å². The van der Waals surface area contributed by atoms with E-state index in [0.29, 0.717) is 11.5 Å². The molecule has 0 bridgehead atoms. The normalized spacial score (nSPS) is 11.2. The van der Waals surface area contributed by atoms with Gasteiger partial charge in [-0.3, -0.25) is 0 Å². The highest BCUT2D eigenvalue weighted by molar-refractivity contribution is 7.80. The third kappa shape index (κ3) is 3.75. The summed E-state index contributed by atoms with van der Waals surface area (Å²) < 4.78 is 0. The molecule has 1 heterocycles. The van der Waals surface area contributed by atoms with Gasteiger partial charge in [0.25, 0.3) is 0 Å². The minimum atomic E-state index is -0.768. The molecule has 3 N–H and O–H groups in total. The molecule has 5 heteroatoms. The van der Waals surface area contributed by atoms with Crippen LogP contribution in [0.3, 0.4) is 0 Å². The second-order valence-electron chi connectivity index (χ2n) is 4.44. The first kappa shape index (κ1) is 12.9. The second-order valence-corrected chi connectivity index (χ2v) is 4.88. The van der Waals surface area contributed by atoms with Crippen LogP contribution in [0, 0.1) is 0 Å². The van der Waals surface area contributed by atoms with Crippen LogP contribution < -0.4 is 10.6 Å². The molecule has 0 spiro atoms. The summed E-state index contributed by atoms with van der Waals surface area (Å²) >= 11 is 4.90. The molecule has 1 aromatic rings. The van der Waals surface area contributed by atoms with Gasteiger partial charge in [-0.25, -0.2) is 4.98 Å². The van der Waals surface area contributed by atoms with E-state index in [2.05, 4.69) is 4.98 Å². The van der Waals surface area contributed by atoms with E-state index in [1.807, 2.05) is 18.0 Å². The van der Waals surface area contributed by atoms with Gasteiger partial charge in [-0.2, -0.15) is 0 Å². The maximum Gasteiger partial charge on any atom is 0.129 e. The monoisotopic (exact) mass is 239 g/mol. The molecule has 0 aliphatic carbocycles. The van der Waals surface area contributed by atoms with Crippen LogP contribution in [0.4, 0.5) is 5.82 Å². The summed E-state index contributed by atoms with van der Waals surface area (Å²) in [7, 11) is 1.86. The first-order valence-corrected chi connectivity index (χ1v) is 5.40. The molecule has 0 aromatic carbocycles. The Bertz CT molecular complexity index is 387. The molecule has 0 fully saturated rings. The standard InChI is InChI=1S/C11H17N3OS/c1-11(2,15)7-14(3)9-6-8(10(12)16)4-5-13-9/h4-6,15H,7H2,1-3H3,(H2,12,16). The topological polar surface area (TPSA) is 62.4 Å². The Labute approximate surface area is 101 Å². The zero-order valence-electron chi connectivity index (χ0n) is 9.77. The number of rotatable bonds is 4. The summed E-state index contributed by atoms with van der Waals surface area (Å²) in [6.45, 7) is 3.99. The van der Waals surface area contributed by atoms with E-state index in [1.54, 1.807) is 26.1 Å². The number of likely N-dealkylation sites (N-methyl/N-ethyl adjacent to an activating group) is 1. The van der Waals surface area contributed by atoms with Gasteiger partial charge < -0.3 is 15.7 Å². The van der Waals surface area contributed by atoms with E-state index in [9.17, 15) is 5.11 Å². The van der Waals surface area contributed by atoms with E-state index < -0.39 is 5.60 Å². The van der Waals surface area contributed by atoms with Crippen LogP contribution in [0.1, 0.15) is 19.4 Å². The molecule has 4 nitrogen and oxygen atoms in total. The minimum absolute atomic E-state index is 0.348. The van der Waals surface area contributed by atoms with Gasteiger partial charge in [0.15, 0.2) is 0 Å². The van der Waals surface area contributed by atoms with Gasteiger partial charge in [0.2, 0.25) is 0 Å². The summed E-state index contributed by atoms with van der Waals surface area (Å²) in [5.41, 5.74) is 5.56. The molecule has 0 amide bonds. The Morgan fingerprint density at radius 3 is 2.75 bits per heavy atom. The lowest BCUT2D eigenvalue weighted by atomic mass is 10.1. The van der Waals surface area contributed by atoms with E-state index in [-0.39, 0.29) is 0 Å². The smallest absolute Gasteiger partial charge is 0.129 e. The molecule has 0 aliphatic heterocycles. The quantitative estimate of drug-likeness (QED) is 0.765. The Morgan fingerprint density at radius 1 is 1.62 bits per heavy atom. The number of anilines is 1.